The second-order valence-electron chi connectivity index (χ2n) is 3.67. The topological polar surface area (TPSA) is 55.6 Å². The Morgan fingerprint density at radius 2 is 2.28 bits per heavy atom. The number of hydrogen-bond donors (Lipinski definition) is 1. The standard InChI is InChI=1S/C11H14ClN5S/c1-3-13-10-5-4-8(12)9(15-10)6-18-11-16-14-7-17(11)2/h4-5,7H,3,6H2,1-2H3,(H,13,15). The summed E-state index contributed by atoms with van der Waals surface area (Å²) in [6, 6.07) is 3.74. The number of pyridine rings is 1. The van der Waals surface area contributed by atoms with E-state index in [1.807, 2.05) is 30.7 Å². The van der Waals surface area contributed by atoms with Crippen molar-refractivity contribution in [3.8, 4) is 0 Å². The van der Waals surface area contributed by atoms with E-state index >= 15 is 0 Å². The van der Waals surface area contributed by atoms with Crippen molar-refractivity contribution in [3.05, 3.63) is 29.2 Å². The van der Waals surface area contributed by atoms with Crippen LogP contribution in [-0.2, 0) is 12.8 Å². The molecular weight excluding hydrogens is 270 g/mol. The fraction of sp³-hybridized carbons (Fsp3) is 0.364. The summed E-state index contributed by atoms with van der Waals surface area (Å²) in [7, 11) is 1.91. The quantitative estimate of drug-likeness (QED) is 0.855. The van der Waals surface area contributed by atoms with Crippen LogP contribution in [0, 0.1) is 0 Å². The summed E-state index contributed by atoms with van der Waals surface area (Å²) in [6.45, 7) is 2.87. The summed E-state index contributed by atoms with van der Waals surface area (Å²) < 4.78 is 1.87. The van der Waals surface area contributed by atoms with Gasteiger partial charge in [0.1, 0.15) is 12.1 Å². The van der Waals surface area contributed by atoms with Gasteiger partial charge in [-0.15, -0.1) is 10.2 Å². The Hall–Kier alpha value is -1.27. The molecule has 7 heteroatoms. The van der Waals surface area contributed by atoms with Gasteiger partial charge in [0, 0.05) is 19.3 Å². The van der Waals surface area contributed by atoms with Gasteiger partial charge in [0.25, 0.3) is 0 Å². The third-order valence-electron chi connectivity index (χ3n) is 2.28. The Balaban J connectivity index is 2.08. The van der Waals surface area contributed by atoms with E-state index in [1.54, 1.807) is 18.1 Å². The van der Waals surface area contributed by atoms with Crippen LogP contribution in [0.4, 0.5) is 5.82 Å². The molecular formula is C11H14ClN5S. The monoisotopic (exact) mass is 283 g/mol. The SMILES string of the molecule is CCNc1ccc(Cl)c(CSc2nncn2C)n1. The highest BCUT2D eigenvalue weighted by Crippen LogP contribution is 2.24. The maximum absolute atomic E-state index is 6.13. The molecule has 2 heterocycles. The van der Waals surface area contributed by atoms with Crippen LogP contribution >= 0.6 is 23.4 Å². The van der Waals surface area contributed by atoms with E-state index in [0.29, 0.717) is 10.8 Å². The lowest BCUT2D eigenvalue weighted by Gasteiger charge is -2.07. The van der Waals surface area contributed by atoms with Gasteiger partial charge >= 0.3 is 0 Å². The van der Waals surface area contributed by atoms with Crippen molar-refractivity contribution in [2.45, 2.75) is 17.8 Å². The van der Waals surface area contributed by atoms with Crippen LogP contribution in [0.3, 0.4) is 0 Å². The Morgan fingerprint density at radius 1 is 1.44 bits per heavy atom. The van der Waals surface area contributed by atoms with Crippen molar-refractivity contribution in [2.24, 2.45) is 7.05 Å². The first kappa shape index (κ1) is 13.2. The van der Waals surface area contributed by atoms with Gasteiger partial charge < -0.3 is 9.88 Å². The molecule has 0 bridgehead atoms. The van der Waals surface area contributed by atoms with E-state index in [2.05, 4.69) is 20.5 Å². The molecule has 0 unspecified atom stereocenters. The van der Waals surface area contributed by atoms with Crippen molar-refractivity contribution in [3.63, 3.8) is 0 Å². The van der Waals surface area contributed by atoms with Gasteiger partial charge in [0.2, 0.25) is 0 Å². The summed E-state index contributed by atoms with van der Waals surface area (Å²) in [5.41, 5.74) is 0.850. The normalized spacial score (nSPS) is 10.6. The lowest BCUT2D eigenvalue weighted by atomic mass is 10.3. The molecule has 96 valence electrons. The molecule has 0 aliphatic rings. The zero-order valence-electron chi connectivity index (χ0n) is 10.2. The zero-order chi connectivity index (χ0) is 13.0. The first-order valence-corrected chi connectivity index (χ1v) is 6.93. The largest absolute Gasteiger partial charge is 0.370 e. The highest BCUT2D eigenvalue weighted by molar-refractivity contribution is 7.98. The van der Waals surface area contributed by atoms with Gasteiger partial charge in [-0.1, -0.05) is 23.4 Å². The van der Waals surface area contributed by atoms with Crippen molar-refractivity contribution >= 4 is 29.2 Å². The smallest absolute Gasteiger partial charge is 0.191 e. The van der Waals surface area contributed by atoms with Crippen molar-refractivity contribution in [1.82, 2.24) is 19.7 Å². The molecule has 0 aromatic carbocycles. The molecule has 0 spiro atoms. The third kappa shape index (κ3) is 3.14. The second kappa shape index (κ2) is 6.06. The number of nitrogens with one attached hydrogen (secondary N) is 1. The molecule has 0 saturated carbocycles. The fourth-order valence-electron chi connectivity index (χ4n) is 1.40. The van der Waals surface area contributed by atoms with E-state index in [0.717, 1.165) is 23.2 Å². The van der Waals surface area contributed by atoms with Gasteiger partial charge in [-0.25, -0.2) is 4.98 Å². The summed E-state index contributed by atoms with van der Waals surface area (Å²) in [5, 5.41) is 12.5. The summed E-state index contributed by atoms with van der Waals surface area (Å²) >= 11 is 7.69. The number of anilines is 1. The van der Waals surface area contributed by atoms with Gasteiger partial charge in [-0.05, 0) is 19.1 Å². The first-order chi connectivity index (χ1) is 8.70. The molecule has 5 nitrogen and oxygen atoms in total. The maximum Gasteiger partial charge on any atom is 0.191 e. The predicted molar refractivity (Wildman–Crippen MR) is 74.0 cm³/mol. The highest BCUT2D eigenvalue weighted by atomic mass is 35.5. The summed E-state index contributed by atoms with van der Waals surface area (Å²) in [6.07, 6.45) is 1.67. The molecule has 0 atom stereocenters. The van der Waals surface area contributed by atoms with Gasteiger partial charge in [-0.3, -0.25) is 0 Å². The lowest BCUT2D eigenvalue weighted by Crippen LogP contribution is -2.01. The summed E-state index contributed by atoms with van der Waals surface area (Å²) in [5.74, 6) is 1.51. The average Bonchev–Trinajstić information content (AvgIpc) is 2.76. The van der Waals surface area contributed by atoms with Crippen molar-refractivity contribution in [1.29, 1.82) is 0 Å². The van der Waals surface area contributed by atoms with Crippen LogP contribution in [0.5, 0.6) is 0 Å². The van der Waals surface area contributed by atoms with Crippen LogP contribution in [-0.4, -0.2) is 26.3 Å². The molecule has 2 aromatic heterocycles. The highest BCUT2D eigenvalue weighted by Gasteiger charge is 2.07. The minimum atomic E-state index is 0.671. The number of aromatic nitrogens is 4. The van der Waals surface area contributed by atoms with Gasteiger partial charge in [-0.2, -0.15) is 0 Å². The van der Waals surface area contributed by atoms with E-state index in [4.69, 9.17) is 11.6 Å². The minimum Gasteiger partial charge on any atom is -0.370 e. The molecule has 0 fully saturated rings. The van der Waals surface area contributed by atoms with E-state index in [-0.39, 0.29) is 0 Å². The molecule has 18 heavy (non-hydrogen) atoms. The molecule has 0 aliphatic carbocycles. The minimum absolute atomic E-state index is 0.671. The zero-order valence-corrected chi connectivity index (χ0v) is 11.8. The van der Waals surface area contributed by atoms with Crippen LogP contribution in [0.2, 0.25) is 5.02 Å². The number of aryl methyl sites for hydroxylation is 1. The maximum atomic E-state index is 6.13. The molecule has 0 amide bonds. The second-order valence-corrected chi connectivity index (χ2v) is 5.02. The molecule has 0 radical (unpaired) electrons. The van der Waals surface area contributed by atoms with Crippen LogP contribution < -0.4 is 5.32 Å². The molecule has 0 aliphatic heterocycles. The van der Waals surface area contributed by atoms with Crippen LogP contribution in [0.1, 0.15) is 12.6 Å². The fourth-order valence-corrected chi connectivity index (χ4v) is 2.49. The van der Waals surface area contributed by atoms with E-state index in [9.17, 15) is 0 Å². The number of halogens is 1. The Kier molecular flexibility index (Phi) is 4.43. The van der Waals surface area contributed by atoms with E-state index < -0.39 is 0 Å². The van der Waals surface area contributed by atoms with Gasteiger partial charge in [0.05, 0.1) is 10.7 Å². The Labute approximate surface area is 115 Å². The van der Waals surface area contributed by atoms with Crippen LogP contribution in [0.15, 0.2) is 23.6 Å². The molecule has 2 aromatic rings. The molecule has 2 rings (SSSR count). The Bertz CT molecular complexity index is 528. The number of hydrogen-bond acceptors (Lipinski definition) is 5. The molecule has 1 N–H and O–H groups in total. The Morgan fingerprint density at radius 3 is 2.94 bits per heavy atom. The van der Waals surface area contributed by atoms with Crippen molar-refractivity contribution < 1.29 is 0 Å². The number of nitrogens with zero attached hydrogens (tertiary/aromatic N) is 4. The van der Waals surface area contributed by atoms with Crippen LogP contribution in [0.25, 0.3) is 0 Å². The third-order valence-corrected chi connectivity index (χ3v) is 3.67. The lowest BCUT2D eigenvalue weighted by molar-refractivity contribution is 0.788. The average molecular weight is 284 g/mol. The summed E-state index contributed by atoms with van der Waals surface area (Å²) in [4.78, 5) is 4.47. The predicted octanol–water partition coefficient (Wildman–Crippen LogP) is 2.59. The first-order valence-electron chi connectivity index (χ1n) is 5.56. The van der Waals surface area contributed by atoms with Crippen molar-refractivity contribution in [2.75, 3.05) is 11.9 Å². The van der Waals surface area contributed by atoms with E-state index in [1.165, 1.54) is 0 Å². The number of thioether (sulfide) groups is 1. The number of rotatable bonds is 5. The molecule has 0 saturated heterocycles. The van der Waals surface area contributed by atoms with Gasteiger partial charge in [0.15, 0.2) is 5.16 Å².